The summed E-state index contributed by atoms with van der Waals surface area (Å²) >= 11 is 3.48. The quantitative estimate of drug-likeness (QED) is 0.813. The number of halogens is 1. The van der Waals surface area contributed by atoms with Crippen molar-refractivity contribution in [3.63, 3.8) is 0 Å². The van der Waals surface area contributed by atoms with E-state index < -0.39 is 0 Å². The van der Waals surface area contributed by atoms with Crippen molar-refractivity contribution in [2.75, 3.05) is 25.5 Å². The van der Waals surface area contributed by atoms with Gasteiger partial charge in [-0.3, -0.25) is 4.79 Å². The largest absolute Gasteiger partial charge is 0.380 e. The van der Waals surface area contributed by atoms with Crippen LogP contribution in [-0.4, -0.2) is 26.1 Å². The molecule has 0 saturated heterocycles. The van der Waals surface area contributed by atoms with Gasteiger partial charge in [0, 0.05) is 29.4 Å². The average molecular weight is 315 g/mol. The fraction of sp³-hybridized carbons (Fsp3) is 0.462. The van der Waals surface area contributed by atoms with Crippen molar-refractivity contribution in [2.24, 2.45) is 0 Å². The first kappa shape index (κ1) is 15.0. The molecule has 1 amide bonds. The van der Waals surface area contributed by atoms with E-state index in [1.807, 2.05) is 25.1 Å². The highest BCUT2D eigenvalue weighted by molar-refractivity contribution is 9.10. The Balaban J connectivity index is 2.61. The van der Waals surface area contributed by atoms with Crippen LogP contribution in [0.2, 0.25) is 0 Å². The third-order valence-corrected chi connectivity index (χ3v) is 3.16. The summed E-state index contributed by atoms with van der Waals surface area (Å²) in [6.45, 7) is 3.51. The Labute approximate surface area is 116 Å². The normalized spacial score (nSPS) is 10.2. The molecule has 0 unspecified atom stereocenters. The van der Waals surface area contributed by atoms with Gasteiger partial charge in [-0.25, -0.2) is 0 Å². The van der Waals surface area contributed by atoms with Gasteiger partial charge in [0.1, 0.15) is 0 Å². The monoisotopic (exact) mass is 314 g/mol. The topological polar surface area (TPSA) is 50.4 Å². The molecule has 0 heterocycles. The van der Waals surface area contributed by atoms with Gasteiger partial charge in [0.25, 0.3) is 0 Å². The molecule has 0 spiro atoms. The fourth-order valence-electron chi connectivity index (χ4n) is 1.52. The first-order chi connectivity index (χ1) is 8.69. The minimum absolute atomic E-state index is 0.000178. The van der Waals surface area contributed by atoms with E-state index in [1.165, 1.54) is 0 Å². The zero-order valence-electron chi connectivity index (χ0n) is 10.8. The molecule has 0 saturated carbocycles. The highest BCUT2D eigenvalue weighted by Crippen LogP contribution is 2.25. The minimum Gasteiger partial charge on any atom is -0.380 e. The van der Waals surface area contributed by atoms with E-state index in [2.05, 4.69) is 26.6 Å². The summed E-state index contributed by atoms with van der Waals surface area (Å²) in [4.78, 5) is 11.5. The highest BCUT2D eigenvalue weighted by atomic mass is 79.9. The molecule has 0 aliphatic rings. The van der Waals surface area contributed by atoms with Crippen LogP contribution in [0.4, 0.5) is 5.69 Å². The Morgan fingerprint density at radius 3 is 2.89 bits per heavy atom. The minimum atomic E-state index is 0.000178. The lowest BCUT2D eigenvalue weighted by Crippen LogP contribution is -2.30. The summed E-state index contributed by atoms with van der Waals surface area (Å²) in [7, 11) is 1.65. The van der Waals surface area contributed by atoms with Gasteiger partial charge in [0.05, 0.1) is 13.2 Å². The van der Waals surface area contributed by atoms with Crippen molar-refractivity contribution in [1.29, 1.82) is 0 Å². The van der Waals surface area contributed by atoms with Gasteiger partial charge in [-0.05, 0) is 18.6 Å². The number of hydrogen-bond acceptors (Lipinski definition) is 3. The highest BCUT2D eigenvalue weighted by Gasteiger charge is 2.07. The Morgan fingerprint density at radius 2 is 2.22 bits per heavy atom. The van der Waals surface area contributed by atoms with Crippen LogP contribution >= 0.6 is 15.9 Å². The van der Waals surface area contributed by atoms with Crippen molar-refractivity contribution >= 4 is 27.5 Å². The van der Waals surface area contributed by atoms with Gasteiger partial charge in [-0.1, -0.05) is 28.9 Å². The maximum Gasteiger partial charge on any atom is 0.239 e. The second kappa shape index (κ2) is 8.11. The third kappa shape index (κ3) is 4.66. The molecule has 5 heteroatoms. The van der Waals surface area contributed by atoms with E-state index in [1.54, 1.807) is 7.11 Å². The maximum absolute atomic E-state index is 11.5. The van der Waals surface area contributed by atoms with Crippen LogP contribution in [0, 0.1) is 0 Å². The molecule has 0 bridgehead atoms. The standard InChI is InChI=1S/C13H19BrN2O2/c1-3-7-15-13(17)8-16-12-6-4-5-11(14)10(12)9-18-2/h4-6,16H,3,7-9H2,1-2H3,(H,15,17). The molecule has 1 aromatic carbocycles. The Bertz CT molecular complexity index is 397. The molecule has 18 heavy (non-hydrogen) atoms. The summed E-state index contributed by atoms with van der Waals surface area (Å²) in [5, 5.41) is 5.95. The molecule has 0 aromatic heterocycles. The number of anilines is 1. The lowest BCUT2D eigenvalue weighted by molar-refractivity contribution is -0.119. The zero-order chi connectivity index (χ0) is 13.4. The van der Waals surface area contributed by atoms with Gasteiger partial charge in [0.15, 0.2) is 0 Å². The molecule has 0 fully saturated rings. The molecule has 1 rings (SSSR count). The number of rotatable bonds is 7. The SMILES string of the molecule is CCCNC(=O)CNc1cccc(Br)c1COC. The van der Waals surface area contributed by atoms with Crippen molar-refractivity contribution in [3.05, 3.63) is 28.2 Å². The molecular weight excluding hydrogens is 296 g/mol. The first-order valence-corrected chi connectivity index (χ1v) is 6.75. The number of carbonyl (C=O) groups is 1. The van der Waals surface area contributed by atoms with E-state index in [4.69, 9.17) is 4.74 Å². The Kier molecular flexibility index (Phi) is 6.75. The predicted molar refractivity (Wildman–Crippen MR) is 76.6 cm³/mol. The molecule has 100 valence electrons. The number of nitrogens with one attached hydrogen (secondary N) is 2. The lowest BCUT2D eigenvalue weighted by Gasteiger charge is -2.13. The van der Waals surface area contributed by atoms with Crippen molar-refractivity contribution in [3.8, 4) is 0 Å². The molecular formula is C13H19BrN2O2. The van der Waals surface area contributed by atoms with Crippen molar-refractivity contribution in [2.45, 2.75) is 20.0 Å². The second-order valence-corrected chi connectivity index (χ2v) is 4.76. The fourth-order valence-corrected chi connectivity index (χ4v) is 2.00. The second-order valence-electron chi connectivity index (χ2n) is 3.90. The number of carbonyl (C=O) groups excluding carboxylic acids is 1. The van der Waals surface area contributed by atoms with Crippen LogP contribution in [0.15, 0.2) is 22.7 Å². The van der Waals surface area contributed by atoms with Crippen LogP contribution in [0.3, 0.4) is 0 Å². The predicted octanol–water partition coefficient (Wildman–Crippen LogP) is 2.53. The van der Waals surface area contributed by atoms with Crippen molar-refractivity contribution in [1.82, 2.24) is 5.32 Å². The number of amides is 1. The molecule has 0 radical (unpaired) electrons. The summed E-state index contributed by atoms with van der Waals surface area (Å²) < 4.78 is 6.13. The average Bonchev–Trinajstić information content (AvgIpc) is 2.37. The number of ether oxygens (including phenoxy) is 1. The molecule has 4 nitrogen and oxygen atoms in total. The van der Waals surface area contributed by atoms with Gasteiger partial charge < -0.3 is 15.4 Å². The number of benzene rings is 1. The molecule has 1 aromatic rings. The first-order valence-electron chi connectivity index (χ1n) is 5.96. The molecule has 0 aliphatic carbocycles. The number of methoxy groups -OCH3 is 1. The van der Waals surface area contributed by atoms with Crippen LogP contribution < -0.4 is 10.6 Å². The van der Waals surface area contributed by atoms with E-state index in [0.717, 1.165) is 22.1 Å². The summed E-state index contributed by atoms with van der Waals surface area (Å²) in [5.74, 6) is 0.000178. The molecule has 0 aliphatic heterocycles. The summed E-state index contributed by atoms with van der Waals surface area (Å²) in [6, 6.07) is 5.82. The van der Waals surface area contributed by atoms with Gasteiger partial charge in [-0.15, -0.1) is 0 Å². The third-order valence-electron chi connectivity index (χ3n) is 2.42. The molecule has 2 N–H and O–H groups in total. The van der Waals surface area contributed by atoms with E-state index in [-0.39, 0.29) is 12.5 Å². The van der Waals surface area contributed by atoms with Crippen LogP contribution in [-0.2, 0) is 16.1 Å². The van der Waals surface area contributed by atoms with E-state index in [0.29, 0.717) is 13.2 Å². The maximum atomic E-state index is 11.5. The zero-order valence-corrected chi connectivity index (χ0v) is 12.3. The van der Waals surface area contributed by atoms with Crippen molar-refractivity contribution < 1.29 is 9.53 Å². The molecule has 0 atom stereocenters. The smallest absolute Gasteiger partial charge is 0.239 e. The van der Waals surface area contributed by atoms with Crippen LogP contribution in [0.1, 0.15) is 18.9 Å². The Morgan fingerprint density at radius 1 is 1.44 bits per heavy atom. The summed E-state index contributed by atoms with van der Waals surface area (Å²) in [5.41, 5.74) is 1.93. The van der Waals surface area contributed by atoms with Crippen LogP contribution in [0.25, 0.3) is 0 Å². The van der Waals surface area contributed by atoms with Gasteiger partial charge >= 0.3 is 0 Å². The Hall–Kier alpha value is -1.07. The van der Waals surface area contributed by atoms with Crippen LogP contribution in [0.5, 0.6) is 0 Å². The van der Waals surface area contributed by atoms with Gasteiger partial charge in [0.2, 0.25) is 5.91 Å². The summed E-state index contributed by atoms with van der Waals surface area (Å²) in [6.07, 6.45) is 0.942. The van der Waals surface area contributed by atoms with E-state index in [9.17, 15) is 4.79 Å². The van der Waals surface area contributed by atoms with E-state index >= 15 is 0 Å². The lowest BCUT2D eigenvalue weighted by atomic mass is 10.2. The number of hydrogen-bond donors (Lipinski definition) is 2. The van der Waals surface area contributed by atoms with Gasteiger partial charge in [-0.2, -0.15) is 0 Å².